The molecule has 1 aromatic carbocycles. The minimum atomic E-state index is 0.440. The Morgan fingerprint density at radius 2 is 1.50 bits per heavy atom. The first-order chi connectivity index (χ1) is 8.53. The number of aryl methyl sites for hydroxylation is 3. The molecule has 1 rings (SSSR count). The topological polar surface area (TPSA) is 52.0 Å². The molecule has 0 spiro atoms. The lowest BCUT2D eigenvalue weighted by molar-refractivity contribution is 0.440. The Labute approximate surface area is 112 Å². The van der Waals surface area contributed by atoms with Gasteiger partial charge in [0.25, 0.3) is 0 Å². The van der Waals surface area contributed by atoms with E-state index < -0.39 is 0 Å². The van der Waals surface area contributed by atoms with E-state index >= 15 is 0 Å². The van der Waals surface area contributed by atoms with Gasteiger partial charge in [0.05, 0.1) is 0 Å². The molecule has 2 nitrogen and oxygen atoms in total. The van der Waals surface area contributed by atoms with Crippen molar-refractivity contribution in [2.45, 2.75) is 46.5 Å². The van der Waals surface area contributed by atoms with Crippen LogP contribution in [0.3, 0.4) is 0 Å². The van der Waals surface area contributed by atoms with Gasteiger partial charge in [-0.1, -0.05) is 24.6 Å². The van der Waals surface area contributed by atoms with Crippen LogP contribution >= 0.6 is 0 Å². The maximum Gasteiger partial charge on any atom is -0.00366 e. The van der Waals surface area contributed by atoms with Crippen LogP contribution in [0.15, 0.2) is 12.1 Å². The first-order valence-electron chi connectivity index (χ1n) is 7.01. The predicted octanol–water partition coefficient (Wildman–Crippen LogP) is 3.03. The minimum Gasteiger partial charge on any atom is -0.330 e. The van der Waals surface area contributed by atoms with Crippen molar-refractivity contribution in [3.05, 3.63) is 34.4 Å². The van der Waals surface area contributed by atoms with Crippen molar-refractivity contribution >= 4 is 0 Å². The van der Waals surface area contributed by atoms with Crippen LogP contribution in [0.25, 0.3) is 0 Å². The molecule has 0 aliphatic heterocycles. The highest BCUT2D eigenvalue weighted by atomic mass is 14.6. The molecular weight excluding hydrogens is 220 g/mol. The molecule has 2 heteroatoms. The molecule has 18 heavy (non-hydrogen) atoms. The van der Waals surface area contributed by atoms with Crippen LogP contribution in [0.5, 0.6) is 0 Å². The summed E-state index contributed by atoms with van der Waals surface area (Å²) >= 11 is 0. The molecular formula is C16H28N2. The second-order valence-electron chi connectivity index (χ2n) is 5.49. The standard InChI is InChI=1S/C16H28N2/c1-5-15(8-14(9-17)10-18)16-12(3)6-11(2)7-13(16)4/h6-7,14-15H,5,8-10,17-18H2,1-4H3. The minimum absolute atomic E-state index is 0.440. The normalized spacial score (nSPS) is 13.1. The fourth-order valence-electron chi connectivity index (χ4n) is 3.01. The summed E-state index contributed by atoms with van der Waals surface area (Å²) in [4.78, 5) is 0. The van der Waals surface area contributed by atoms with E-state index in [1.54, 1.807) is 0 Å². The molecule has 1 aromatic rings. The monoisotopic (exact) mass is 248 g/mol. The molecule has 0 bridgehead atoms. The Morgan fingerprint density at radius 1 is 1.00 bits per heavy atom. The lowest BCUT2D eigenvalue weighted by Gasteiger charge is -2.24. The van der Waals surface area contributed by atoms with E-state index in [0.29, 0.717) is 24.9 Å². The van der Waals surface area contributed by atoms with Gasteiger partial charge in [-0.15, -0.1) is 0 Å². The molecule has 102 valence electrons. The molecule has 0 heterocycles. The Balaban J connectivity index is 3.01. The van der Waals surface area contributed by atoms with Gasteiger partial charge in [-0.25, -0.2) is 0 Å². The van der Waals surface area contributed by atoms with Crippen LogP contribution in [0.2, 0.25) is 0 Å². The van der Waals surface area contributed by atoms with E-state index in [2.05, 4.69) is 39.8 Å². The van der Waals surface area contributed by atoms with Gasteiger partial charge in [0.1, 0.15) is 0 Å². The maximum atomic E-state index is 5.78. The zero-order valence-electron chi connectivity index (χ0n) is 12.3. The third-order valence-corrected chi connectivity index (χ3v) is 3.92. The van der Waals surface area contributed by atoms with Crippen molar-refractivity contribution in [1.29, 1.82) is 0 Å². The lowest BCUT2D eigenvalue weighted by Crippen LogP contribution is -2.25. The fourth-order valence-corrected chi connectivity index (χ4v) is 3.01. The first kappa shape index (κ1) is 15.2. The van der Waals surface area contributed by atoms with E-state index in [4.69, 9.17) is 11.5 Å². The molecule has 0 saturated heterocycles. The van der Waals surface area contributed by atoms with Gasteiger partial charge < -0.3 is 11.5 Å². The zero-order valence-corrected chi connectivity index (χ0v) is 12.3. The van der Waals surface area contributed by atoms with Gasteiger partial charge in [-0.05, 0) is 75.2 Å². The summed E-state index contributed by atoms with van der Waals surface area (Å²) in [5, 5.41) is 0. The number of hydrogen-bond donors (Lipinski definition) is 2. The van der Waals surface area contributed by atoms with Gasteiger partial charge in [-0.3, -0.25) is 0 Å². The van der Waals surface area contributed by atoms with Crippen LogP contribution in [-0.4, -0.2) is 13.1 Å². The SMILES string of the molecule is CCC(CC(CN)CN)c1c(C)cc(C)cc1C. The summed E-state index contributed by atoms with van der Waals surface area (Å²) in [6, 6.07) is 4.57. The highest BCUT2D eigenvalue weighted by molar-refractivity contribution is 5.40. The summed E-state index contributed by atoms with van der Waals surface area (Å²) in [7, 11) is 0. The summed E-state index contributed by atoms with van der Waals surface area (Å²) in [5.41, 5.74) is 17.2. The molecule has 4 N–H and O–H groups in total. The highest BCUT2D eigenvalue weighted by Gasteiger charge is 2.18. The van der Waals surface area contributed by atoms with Gasteiger partial charge >= 0.3 is 0 Å². The van der Waals surface area contributed by atoms with Gasteiger partial charge in [0.15, 0.2) is 0 Å². The number of hydrogen-bond acceptors (Lipinski definition) is 2. The summed E-state index contributed by atoms with van der Waals surface area (Å²) in [6.45, 7) is 10.2. The van der Waals surface area contributed by atoms with Crippen molar-refractivity contribution in [1.82, 2.24) is 0 Å². The summed E-state index contributed by atoms with van der Waals surface area (Å²) < 4.78 is 0. The van der Waals surface area contributed by atoms with E-state index in [1.165, 1.54) is 22.3 Å². The third kappa shape index (κ3) is 3.56. The van der Waals surface area contributed by atoms with Crippen LogP contribution in [0, 0.1) is 26.7 Å². The molecule has 0 aliphatic carbocycles. The van der Waals surface area contributed by atoms with E-state index in [9.17, 15) is 0 Å². The van der Waals surface area contributed by atoms with E-state index in [0.717, 1.165) is 12.8 Å². The van der Waals surface area contributed by atoms with E-state index in [-0.39, 0.29) is 0 Å². The Bertz CT molecular complexity index is 358. The van der Waals surface area contributed by atoms with Crippen LogP contribution < -0.4 is 11.5 Å². The summed E-state index contributed by atoms with van der Waals surface area (Å²) in [5.74, 6) is 1.03. The molecule has 1 unspecified atom stereocenters. The Hall–Kier alpha value is -0.860. The van der Waals surface area contributed by atoms with Crippen LogP contribution in [-0.2, 0) is 0 Å². The highest BCUT2D eigenvalue weighted by Crippen LogP contribution is 2.32. The largest absolute Gasteiger partial charge is 0.330 e. The number of rotatable bonds is 6. The lowest BCUT2D eigenvalue weighted by atomic mass is 9.82. The van der Waals surface area contributed by atoms with Crippen molar-refractivity contribution < 1.29 is 0 Å². The molecule has 0 radical (unpaired) electrons. The fraction of sp³-hybridized carbons (Fsp3) is 0.625. The van der Waals surface area contributed by atoms with Gasteiger partial charge in [0.2, 0.25) is 0 Å². The molecule has 0 aliphatic rings. The Kier molecular flexibility index (Phi) is 5.83. The molecule has 0 fully saturated rings. The average Bonchev–Trinajstić information content (AvgIpc) is 2.32. The molecule has 0 saturated carbocycles. The Morgan fingerprint density at radius 3 is 1.89 bits per heavy atom. The molecule has 0 amide bonds. The second kappa shape index (κ2) is 6.91. The van der Waals surface area contributed by atoms with Crippen LogP contribution in [0.1, 0.15) is 47.9 Å². The van der Waals surface area contributed by atoms with Crippen molar-refractivity contribution in [3.8, 4) is 0 Å². The van der Waals surface area contributed by atoms with Crippen molar-refractivity contribution in [3.63, 3.8) is 0 Å². The summed E-state index contributed by atoms with van der Waals surface area (Å²) in [6.07, 6.45) is 2.26. The van der Waals surface area contributed by atoms with Crippen LogP contribution in [0.4, 0.5) is 0 Å². The average molecular weight is 248 g/mol. The first-order valence-corrected chi connectivity index (χ1v) is 7.01. The predicted molar refractivity (Wildman–Crippen MR) is 79.9 cm³/mol. The van der Waals surface area contributed by atoms with Gasteiger partial charge in [-0.2, -0.15) is 0 Å². The smallest absolute Gasteiger partial charge is 0.00366 e. The molecule has 0 aromatic heterocycles. The van der Waals surface area contributed by atoms with Crippen molar-refractivity contribution in [2.24, 2.45) is 17.4 Å². The third-order valence-electron chi connectivity index (χ3n) is 3.92. The molecule has 1 atom stereocenters. The van der Waals surface area contributed by atoms with Crippen molar-refractivity contribution in [2.75, 3.05) is 13.1 Å². The maximum absolute atomic E-state index is 5.78. The number of benzene rings is 1. The quantitative estimate of drug-likeness (QED) is 0.813. The van der Waals surface area contributed by atoms with E-state index in [1.807, 2.05) is 0 Å². The second-order valence-corrected chi connectivity index (χ2v) is 5.49. The zero-order chi connectivity index (χ0) is 13.7. The van der Waals surface area contributed by atoms with Gasteiger partial charge in [0, 0.05) is 0 Å². The number of nitrogens with two attached hydrogens (primary N) is 2.